The number of benzene rings is 2. The Hall–Kier alpha value is -2.87. The molecule has 0 amide bonds. The summed E-state index contributed by atoms with van der Waals surface area (Å²) in [4.78, 5) is 12.1. The molecule has 2 N–H and O–H groups in total. The molecule has 0 aliphatic rings. The van der Waals surface area contributed by atoms with Crippen LogP contribution in [0.2, 0.25) is 0 Å². The summed E-state index contributed by atoms with van der Waals surface area (Å²) in [5.74, 6) is -0.692. The monoisotopic (exact) mass is 376 g/mol. The predicted molar refractivity (Wildman–Crippen MR) is 98.5 cm³/mol. The van der Waals surface area contributed by atoms with Crippen molar-refractivity contribution >= 4 is 32.4 Å². The lowest BCUT2D eigenvalue weighted by Crippen LogP contribution is -2.21. The lowest BCUT2D eigenvalue weighted by atomic mass is 10.2. The van der Waals surface area contributed by atoms with Gasteiger partial charge in [-0.3, -0.25) is 4.72 Å². The molecular formula is C18H17FN2O4S. The first-order chi connectivity index (χ1) is 12.4. The van der Waals surface area contributed by atoms with Gasteiger partial charge >= 0.3 is 5.63 Å². The summed E-state index contributed by atoms with van der Waals surface area (Å²) < 4.78 is 46.0. The maximum absolute atomic E-state index is 13.4. The third-order valence-electron chi connectivity index (χ3n) is 3.71. The Morgan fingerprint density at radius 1 is 1.08 bits per heavy atom. The zero-order valence-corrected chi connectivity index (χ0v) is 14.8. The van der Waals surface area contributed by atoms with Gasteiger partial charge in [-0.15, -0.1) is 0 Å². The Bertz CT molecular complexity index is 1110. The second kappa shape index (κ2) is 7.17. The van der Waals surface area contributed by atoms with Crippen molar-refractivity contribution in [2.45, 2.75) is 18.2 Å². The van der Waals surface area contributed by atoms with Crippen molar-refractivity contribution in [3.63, 3.8) is 0 Å². The molecule has 26 heavy (non-hydrogen) atoms. The molecule has 8 heteroatoms. The van der Waals surface area contributed by atoms with Crippen LogP contribution in [0.4, 0.5) is 15.8 Å². The van der Waals surface area contributed by atoms with E-state index in [0.29, 0.717) is 23.2 Å². The quantitative estimate of drug-likeness (QED) is 0.642. The van der Waals surface area contributed by atoms with Crippen molar-refractivity contribution in [1.29, 1.82) is 0 Å². The van der Waals surface area contributed by atoms with Gasteiger partial charge in [-0.1, -0.05) is 25.1 Å². The van der Waals surface area contributed by atoms with Crippen LogP contribution in [0, 0.1) is 5.82 Å². The SMILES string of the molecule is CCCNc1c(NS(=O)(=O)c2cccc(F)c2)c(=O)oc2ccccc12. The lowest BCUT2D eigenvalue weighted by molar-refractivity contribution is 0.563. The van der Waals surface area contributed by atoms with E-state index in [1.165, 1.54) is 12.1 Å². The summed E-state index contributed by atoms with van der Waals surface area (Å²) in [6.45, 7) is 2.47. The van der Waals surface area contributed by atoms with Crippen LogP contribution >= 0.6 is 0 Å². The van der Waals surface area contributed by atoms with Crippen molar-refractivity contribution in [3.8, 4) is 0 Å². The van der Waals surface area contributed by atoms with Crippen molar-refractivity contribution in [2.75, 3.05) is 16.6 Å². The number of halogens is 1. The van der Waals surface area contributed by atoms with Crippen LogP contribution in [-0.4, -0.2) is 15.0 Å². The summed E-state index contributed by atoms with van der Waals surface area (Å²) in [5, 5.41) is 3.64. The van der Waals surface area contributed by atoms with Gasteiger partial charge in [0.15, 0.2) is 5.69 Å². The average Bonchev–Trinajstić information content (AvgIpc) is 2.61. The summed E-state index contributed by atoms with van der Waals surface area (Å²) in [5.41, 5.74) is -0.396. The third-order valence-corrected chi connectivity index (χ3v) is 5.06. The molecule has 2 aromatic carbocycles. The van der Waals surface area contributed by atoms with Gasteiger partial charge in [0.1, 0.15) is 11.4 Å². The van der Waals surface area contributed by atoms with Crippen LogP contribution in [0.5, 0.6) is 0 Å². The molecule has 0 saturated carbocycles. The highest BCUT2D eigenvalue weighted by atomic mass is 32.2. The Kier molecular flexibility index (Phi) is 4.94. The zero-order valence-electron chi connectivity index (χ0n) is 14.0. The van der Waals surface area contributed by atoms with E-state index in [0.717, 1.165) is 18.6 Å². The summed E-state index contributed by atoms with van der Waals surface area (Å²) in [6.07, 6.45) is 0.768. The molecule has 136 valence electrons. The van der Waals surface area contributed by atoms with Gasteiger partial charge in [0.05, 0.1) is 10.6 Å². The normalized spacial score (nSPS) is 11.5. The van der Waals surface area contributed by atoms with Gasteiger partial charge in [0.2, 0.25) is 0 Å². The minimum atomic E-state index is -4.16. The van der Waals surface area contributed by atoms with E-state index in [1.807, 2.05) is 6.92 Å². The summed E-state index contributed by atoms with van der Waals surface area (Å²) in [7, 11) is -4.16. The number of hydrogen-bond acceptors (Lipinski definition) is 5. The molecule has 0 fully saturated rings. The van der Waals surface area contributed by atoms with Crippen LogP contribution in [0.1, 0.15) is 13.3 Å². The molecule has 0 aliphatic heterocycles. The summed E-state index contributed by atoms with van der Waals surface area (Å²) >= 11 is 0. The number of hydrogen-bond donors (Lipinski definition) is 2. The van der Waals surface area contributed by atoms with Gasteiger partial charge in [-0.05, 0) is 36.8 Å². The second-order valence-corrected chi connectivity index (χ2v) is 7.31. The largest absolute Gasteiger partial charge is 0.421 e. The minimum absolute atomic E-state index is 0.235. The average molecular weight is 376 g/mol. The smallest absolute Gasteiger partial charge is 0.363 e. The molecule has 3 aromatic rings. The molecule has 3 rings (SSSR count). The predicted octanol–water partition coefficient (Wildman–Crippen LogP) is 3.55. The van der Waals surface area contributed by atoms with E-state index in [9.17, 15) is 17.6 Å². The number of fused-ring (bicyclic) bond motifs is 1. The van der Waals surface area contributed by atoms with Crippen molar-refractivity contribution in [2.24, 2.45) is 0 Å². The van der Waals surface area contributed by atoms with Gasteiger partial charge in [-0.25, -0.2) is 17.6 Å². The van der Waals surface area contributed by atoms with Crippen molar-refractivity contribution < 1.29 is 17.2 Å². The van der Waals surface area contributed by atoms with Gasteiger partial charge in [0.25, 0.3) is 10.0 Å². The Labute approximate surface area is 149 Å². The molecular weight excluding hydrogens is 359 g/mol. The number of nitrogens with one attached hydrogen (secondary N) is 2. The standard InChI is InChI=1S/C18H17FN2O4S/c1-2-10-20-16-14-8-3-4-9-15(14)25-18(22)17(16)21-26(23,24)13-7-5-6-12(19)11-13/h3-9,11,20-21H,2,10H2,1H3. The van der Waals surface area contributed by atoms with E-state index in [4.69, 9.17) is 4.42 Å². The third kappa shape index (κ3) is 3.55. The van der Waals surface area contributed by atoms with Crippen LogP contribution in [0.3, 0.4) is 0 Å². The van der Waals surface area contributed by atoms with Crippen LogP contribution < -0.4 is 15.7 Å². The molecule has 0 atom stereocenters. The Morgan fingerprint density at radius 2 is 1.85 bits per heavy atom. The topological polar surface area (TPSA) is 88.4 Å². The van der Waals surface area contributed by atoms with Gasteiger partial charge in [0, 0.05) is 11.9 Å². The second-order valence-electron chi connectivity index (χ2n) is 5.63. The molecule has 0 spiro atoms. The Morgan fingerprint density at radius 3 is 2.58 bits per heavy atom. The molecule has 0 saturated heterocycles. The van der Waals surface area contributed by atoms with Crippen molar-refractivity contribution in [3.05, 3.63) is 64.8 Å². The van der Waals surface area contributed by atoms with Gasteiger partial charge < -0.3 is 9.73 Å². The zero-order chi connectivity index (χ0) is 18.7. The highest BCUT2D eigenvalue weighted by Crippen LogP contribution is 2.30. The molecule has 0 unspecified atom stereocenters. The maximum Gasteiger partial charge on any atom is 0.363 e. The van der Waals surface area contributed by atoms with E-state index in [-0.39, 0.29) is 10.6 Å². The highest BCUT2D eigenvalue weighted by Gasteiger charge is 2.22. The van der Waals surface area contributed by atoms with E-state index in [2.05, 4.69) is 10.0 Å². The molecule has 1 aromatic heterocycles. The fraction of sp³-hybridized carbons (Fsp3) is 0.167. The van der Waals surface area contributed by atoms with Crippen LogP contribution in [-0.2, 0) is 10.0 Å². The number of sulfonamides is 1. The fourth-order valence-electron chi connectivity index (χ4n) is 2.50. The van der Waals surface area contributed by atoms with Crippen molar-refractivity contribution in [1.82, 2.24) is 0 Å². The molecule has 0 aliphatic carbocycles. The highest BCUT2D eigenvalue weighted by molar-refractivity contribution is 7.92. The van der Waals surface area contributed by atoms with Gasteiger partial charge in [-0.2, -0.15) is 0 Å². The summed E-state index contributed by atoms with van der Waals surface area (Å²) in [6, 6.07) is 11.3. The first kappa shape index (κ1) is 17.9. The number of rotatable bonds is 6. The first-order valence-electron chi connectivity index (χ1n) is 8.00. The Balaban J connectivity index is 2.15. The fourth-order valence-corrected chi connectivity index (χ4v) is 3.60. The van der Waals surface area contributed by atoms with Crippen LogP contribution in [0.25, 0.3) is 11.0 Å². The van der Waals surface area contributed by atoms with E-state index >= 15 is 0 Å². The molecule has 6 nitrogen and oxygen atoms in total. The minimum Gasteiger partial charge on any atom is -0.421 e. The first-order valence-corrected chi connectivity index (χ1v) is 9.49. The lowest BCUT2D eigenvalue weighted by Gasteiger charge is -2.15. The number of para-hydroxylation sites is 1. The number of anilines is 2. The van der Waals surface area contributed by atoms with E-state index < -0.39 is 21.5 Å². The molecule has 0 bridgehead atoms. The maximum atomic E-state index is 13.4. The molecule has 1 heterocycles. The van der Waals surface area contributed by atoms with E-state index in [1.54, 1.807) is 24.3 Å². The van der Waals surface area contributed by atoms with Crippen LogP contribution in [0.15, 0.2) is 62.6 Å². The molecule has 0 radical (unpaired) electrons.